The third kappa shape index (κ3) is 4.04. The molecule has 6 heteroatoms. The van der Waals surface area contributed by atoms with Gasteiger partial charge in [-0.15, -0.1) is 0 Å². The first-order valence-electron chi connectivity index (χ1n) is 6.84. The predicted molar refractivity (Wildman–Crippen MR) is 81.1 cm³/mol. The number of hydrogen-bond acceptors (Lipinski definition) is 3. The van der Waals surface area contributed by atoms with Crippen molar-refractivity contribution in [2.24, 2.45) is 0 Å². The number of hydrogen-bond donors (Lipinski definition) is 1. The summed E-state index contributed by atoms with van der Waals surface area (Å²) < 4.78 is 6.26. The highest BCUT2D eigenvalue weighted by Crippen LogP contribution is 2.23. The second kappa shape index (κ2) is 7.04. The maximum atomic E-state index is 12.6. The molecule has 21 heavy (non-hydrogen) atoms. The second-order valence-electron chi connectivity index (χ2n) is 5.13. The molecule has 1 fully saturated rings. The number of ether oxygens (including phenoxy) is 1. The van der Waals surface area contributed by atoms with Crippen molar-refractivity contribution < 1.29 is 19.4 Å². The molecular formula is C15H18BrNO4. The van der Waals surface area contributed by atoms with Gasteiger partial charge in [0, 0.05) is 11.0 Å². The van der Waals surface area contributed by atoms with E-state index in [9.17, 15) is 9.59 Å². The maximum absolute atomic E-state index is 12.6. The molecule has 0 bridgehead atoms. The van der Waals surface area contributed by atoms with Gasteiger partial charge in [0.15, 0.2) is 0 Å². The Morgan fingerprint density at radius 1 is 1.43 bits per heavy atom. The molecule has 1 aromatic carbocycles. The molecule has 5 nitrogen and oxygen atoms in total. The van der Waals surface area contributed by atoms with E-state index in [0.717, 1.165) is 10.0 Å². The molecule has 1 heterocycles. The summed E-state index contributed by atoms with van der Waals surface area (Å²) in [6.07, 6.45) is -0.0845. The number of morpholine rings is 1. The van der Waals surface area contributed by atoms with Gasteiger partial charge in [0.05, 0.1) is 31.6 Å². The van der Waals surface area contributed by atoms with Crippen molar-refractivity contribution in [1.29, 1.82) is 0 Å². The van der Waals surface area contributed by atoms with Crippen LogP contribution in [-0.2, 0) is 14.3 Å². The first-order valence-corrected chi connectivity index (χ1v) is 7.64. The fourth-order valence-electron chi connectivity index (χ4n) is 2.46. The Morgan fingerprint density at radius 3 is 2.71 bits per heavy atom. The van der Waals surface area contributed by atoms with Crippen molar-refractivity contribution in [1.82, 2.24) is 4.90 Å². The van der Waals surface area contributed by atoms with Crippen LogP contribution < -0.4 is 0 Å². The number of carboxylic acid groups (broad SMARTS) is 1. The molecule has 1 saturated heterocycles. The number of amides is 1. The van der Waals surface area contributed by atoms with E-state index >= 15 is 0 Å². The van der Waals surface area contributed by atoms with E-state index in [0.29, 0.717) is 13.2 Å². The number of halogens is 1. The zero-order valence-corrected chi connectivity index (χ0v) is 13.4. The van der Waals surface area contributed by atoms with Gasteiger partial charge in [-0.25, -0.2) is 0 Å². The predicted octanol–water partition coefficient (Wildman–Crippen LogP) is 2.25. The summed E-state index contributed by atoms with van der Waals surface area (Å²) in [5, 5.41) is 8.95. The van der Waals surface area contributed by atoms with E-state index in [-0.39, 0.29) is 30.9 Å². The number of rotatable bonds is 4. The zero-order chi connectivity index (χ0) is 15.4. The lowest BCUT2D eigenvalue weighted by atomic mass is 9.98. The first kappa shape index (κ1) is 16.0. The van der Waals surface area contributed by atoms with Gasteiger partial charge in [-0.1, -0.05) is 28.1 Å². The van der Waals surface area contributed by atoms with Crippen LogP contribution in [0.2, 0.25) is 0 Å². The van der Waals surface area contributed by atoms with Gasteiger partial charge in [0.25, 0.3) is 0 Å². The highest BCUT2D eigenvalue weighted by atomic mass is 79.9. The summed E-state index contributed by atoms with van der Waals surface area (Å²) in [6.45, 7) is 3.02. The topological polar surface area (TPSA) is 66.8 Å². The molecule has 0 saturated carbocycles. The highest BCUT2D eigenvalue weighted by Gasteiger charge is 2.32. The summed E-state index contributed by atoms with van der Waals surface area (Å²) in [7, 11) is 0. The molecule has 0 aliphatic carbocycles. The van der Waals surface area contributed by atoms with Crippen molar-refractivity contribution >= 4 is 27.8 Å². The SMILES string of the molecule is CC(C(=O)N1CCOCC1CC(=O)O)c1ccc(Br)cc1. The van der Waals surface area contributed by atoms with Crippen LogP contribution in [0.1, 0.15) is 24.8 Å². The minimum absolute atomic E-state index is 0.0492. The Morgan fingerprint density at radius 2 is 2.10 bits per heavy atom. The van der Waals surface area contributed by atoms with E-state index in [1.54, 1.807) is 4.90 Å². The molecule has 0 radical (unpaired) electrons. The van der Waals surface area contributed by atoms with Crippen LogP contribution in [0.15, 0.2) is 28.7 Å². The van der Waals surface area contributed by atoms with Crippen LogP contribution in [0.3, 0.4) is 0 Å². The molecule has 2 rings (SSSR count). The third-order valence-electron chi connectivity index (χ3n) is 3.66. The summed E-state index contributed by atoms with van der Waals surface area (Å²) in [6, 6.07) is 7.21. The van der Waals surface area contributed by atoms with Crippen LogP contribution in [-0.4, -0.2) is 47.7 Å². The van der Waals surface area contributed by atoms with Crippen molar-refractivity contribution in [3.63, 3.8) is 0 Å². The lowest BCUT2D eigenvalue weighted by Crippen LogP contribution is -2.50. The van der Waals surface area contributed by atoms with E-state index in [4.69, 9.17) is 9.84 Å². The molecular weight excluding hydrogens is 338 g/mol. The molecule has 1 N–H and O–H groups in total. The molecule has 114 valence electrons. The van der Waals surface area contributed by atoms with Crippen LogP contribution in [0.4, 0.5) is 0 Å². The Labute approximate surface area is 132 Å². The monoisotopic (exact) mass is 355 g/mol. The van der Waals surface area contributed by atoms with Crippen molar-refractivity contribution in [3.8, 4) is 0 Å². The normalized spacial score (nSPS) is 20.1. The maximum Gasteiger partial charge on any atom is 0.305 e. The van der Waals surface area contributed by atoms with Crippen molar-refractivity contribution in [2.45, 2.75) is 25.3 Å². The number of carbonyl (C=O) groups excluding carboxylic acids is 1. The lowest BCUT2D eigenvalue weighted by Gasteiger charge is -2.36. The molecule has 1 aliphatic heterocycles. The van der Waals surface area contributed by atoms with Gasteiger partial charge < -0.3 is 14.7 Å². The first-order chi connectivity index (χ1) is 9.99. The Balaban J connectivity index is 2.12. The quantitative estimate of drug-likeness (QED) is 0.899. The van der Waals surface area contributed by atoms with Gasteiger partial charge in [0.1, 0.15) is 0 Å². The lowest BCUT2D eigenvalue weighted by molar-refractivity contribution is -0.147. The molecule has 0 aromatic heterocycles. The van der Waals surface area contributed by atoms with Crippen molar-refractivity contribution in [3.05, 3.63) is 34.3 Å². The van der Waals surface area contributed by atoms with Crippen molar-refractivity contribution in [2.75, 3.05) is 19.8 Å². The third-order valence-corrected chi connectivity index (χ3v) is 4.19. The number of carbonyl (C=O) groups is 2. The molecule has 1 aliphatic rings. The van der Waals surface area contributed by atoms with Gasteiger partial charge in [-0.2, -0.15) is 0 Å². The number of benzene rings is 1. The van der Waals surface area contributed by atoms with Crippen LogP contribution in [0.5, 0.6) is 0 Å². The van der Waals surface area contributed by atoms with Gasteiger partial charge in [-0.3, -0.25) is 9.59 Å². The van der Waals surface area contributed by atoms with Gasteiger partial charge in [0.2, 0.25) is 5.91 Å². The largest absolute Gasteiger partial charge is 0.481 e. The zero-order valence-electron chi connectivity index (χ0n) is 11.8. The van der Waals surface area contributed by atoms with Gasteiger partial charge >= 0.3 is 5.97 Å². The highest BCUT2D eigenvalue weighted by molar-refractivity contribution is 9.10. The summed E-state index contributed by atoms with van der Waals surface area (Å²) in [4.78, 5) is 25.2. The number of aliphatic carboxylic acids is 1. The summed E-state index contributed by atoms with van der Waals surface area (Å²) in [5.41, 5.74) is 0.920. The smallest absolute Gasteiger partial charge is 0.305 e. The van der Waals surface area contributed by atoms with Crippen LogP contribution >= 0.6 is 15.9 Å². The Hall–Kier alpha value is -1.40. The fraction of sp³-hybridized carbons (Fsp3) is 0.467. The minimum Gasteiger partial charge on any atom is -0.481 e. The molecule has 1 aromatic rings. The second-order valence-corrected chi connectivity index (χ2v) is 6.05. The molecule has 0 spiro atoms. The molecule has 1 amide bonds. The standard InChI is InChI=1S/C15H18BrNO4/c1-10(11-2-4-12(16)5-3-11)15(20)17-6-7-21-9-13(17)8-14(18)19/h2-5,10,13H,6-9H2,1H3,(H,18,19). The van der Waals surface area contributed by atoms with Crippen LogP contribution in [0.25, 0.3) is 0 Å². The van der Waals surface area contributed by atoms with E-state index in [2.05, 4.69) is 15.9 Å². The summed E-state index contributed by atoms with van der Waals surface area (Å²) in [5.74, 6) is -1.26. The molecule has 2 atom stereocenters. The van der Waals surface area contributed by atoms with Gasteiger partial charge in [-0.05, 0) is 24.6 Å². The number of carboxylic acids is 1. The number of nitrogens with zero attached hydrogens (tertiary/aromatic N) is 1. The minimum atomic E-state index is -0.917. The Bertz CT molecular complexity index is 517. The average Bonchev–Trinajstić information content (AvgIpc) is 2.46. The summed E-state index contributed by atoms with van der Waals surface area (Å²) >= 11 is 3.37. The van der Waals surface area contributed by atoms with E-state index in [1.807, 2.05) is 31.2 Å². The molecule has 2 unspecified atom stereocenters. The Kier molecular flexibility index (Phi) is 5.36. The fourth-order valence-corrected chi connectivity index (χ4v) is 2.72. The average molecular weight is 356 g/mol. The van der Waals surface area contributed by atoms with Crippen LogP contribution in [0, 0.1) is 0 Å². The van der Waals surface area contributed by atoms with E-state index in [1.165, 1.54) is 0 Å². The van der Waals surface area contributed by atoms with E-state index < -0.39 is 5.97 Å².